The Labute approximate surface area is 133 Å². The molecule has 0 aliphatic carbocycles. The van der Waals surface area contributed by atoms with Crippen molar-refractivity contribution in [2.45, 2.75) is 25.9 Å². The molecule has 0 fully saturated rings. The van der Waals surface area contributed by atoms with Crippen molar-refractivity contribution in [1.29, 1.82) is 0 Å². The predicted molar refractivity (Wildman–Crippen MR) is 83.5 cm³/mol. The van der Waals surface area contributed by atoms with E-state index in [1.807, 2.05) is 4.68 Å². The van der Waals surface area contributed by atoms with Crippen LogP contribution in [0.4, 0.5) is 4.39 Å². The van der Waals surface area contributed by atoms with E-state index in [1.165, 1.54) is 6.07 Å². The molecule has 1 unspecified atom stereocenters. The van der Waals surface area contributed by atoms with Gasteiger partial charge in [0.05, 0.1) is 22.4 Å². The number of nitrogens with zero attached hydrogens (tertiary/aromatic N) is 2. The van der Waals surface area contributed by atoms with Crippen LogP contribution in [0.25, 0.3) is 0 Å². The van der Waals surface area contributed by atoms with Crippen LogP contribution in [0.2, 0.25) is 0 Å². The molecule has 7 heteroatoms. The molecule has 20 heavy (non-hydrogen) atoms. The second kappa shape index (κ2) is 6.80. The van der Waals surface area contributed by atoms with Crippen LogP contribution in [0.5, 0.6) is 0 Å². The normalized spacial score (nSPS) is 12.7. The lowest BCUT2D eigenvalue weighted by molar-refractivity contribution is 0.500. The molecule has 1 atom stereocenters. The van der Waals surface area contributed by atoms with Gasteiger partial charge in [-0.2, -0.15) is 5.10 Å². The van der Waals surface area contributed by atoms with Crippen molar-refractivity contribution in [3.05, 3.63) is 50.4 Å². The van der Waals surface area contributed by atoms with Crippen molar-refractivity contribution in [1.82, 2.24) is 15.2 Å². The maximum Gasteiger partial charge on any atom is 0.129 e. The Balaban J connectivity index is 2.49. The zero-order valence-corrected chi connectivity index (χ0v) is 14.1. The van der Waals surface area contributed by atoms with E-state index < -0.39 is 6.04 Å². The predicted octanol–water partition coefficient (Wildman–Crippen LogP) is 3.51. The Morgan fingerprint density at radius 2 is 2.20 bits per heavy atom. The minimum absolute atomic E-state index is 0.321. The lowest BCUT2D eigenvalue weighted by atomic mass is 10.0. The second-order valence-corrected chi connectivity index (χ2v) is 6.14. The number of aromatic nitrogens is 2. The highest BCUT2D eigenvalue weighted by Gasteiger charge is 2.23. The van der Waals surface area contributed by atoms with Crippen LogP contribution < -0.4 is 11.3 Å². The lowest BCUT2D eigenvalue weighted by Crippen LogP contribution is -2.31. The number of hydrogen-bond donors (Lipinski definition) is 2. The topological polar surface area (TPSA) is 55.9 Å². The van der Waals surface area contributed by atoms with Gasteiger partial charge >= 0.3 is 0 Å². The third kappa shape index (κ3) is 3.11. The number of hydrogen-bond acceptors (Lipinski definition) is 3. The number of nitrogens with two attached hydrogens (primary N) is 1. The molecule has 108 valence electrons. The summed E-state index contributed by atoms with van der Waals surface area (Å²) in [4.78, 5) is 0. The monoisotopic (exact) mass is 404 g/mol. The summed E-state index contributed by atoms with van der Waals surface area (Å²) in [5.41, 5.74) is 3.97. The molecule has 2 rings (SSSR count). The molecule has 0 spiro atoms. The largest absolute Gasteiger partial charge is 0.271 e. The molecule has 1 heterocycles. The Hall–Kier alpha value is -0.760. The molecule has 1 aromatic carbocycles. The van der Waals surface area contributed by atoms with Gasteiger partial charge in [0.1, 0.15) is 5.82 Å². The third-order valence-electron chi connectivity index (χ3n) is 2.98. The van der Waals surface area contributed by atoms with Crippen molar-refractivity contribution in [3.8, 4) is 0 Å². The number of rotatable bonds is 5. The highest BCUT2D eigenvalue weighted by Crippen LogP contribution is 2.30. The maximum atomic E-state index is 14.2. The average Bonchev–Trinajstić information content (AvgIpc) is 2.75. The van der Waals surface area contributed by atoms with Crippen LogP contribution in [0.1, 0.15) is 30.6 Å². The Bertz CT molecular complexity index is 600. The molecular formula is C13H15Br2FN4. The van der Waals surface area contributed by atoms with Crippen LogP contribution in [0, 0.1) is 5.82 Å². The maximum absolute atomic E-state index is 14.2. The van der Waals surface area contributed by atoms with Gasteiger partial charge in [0.15, 0.2) is 0 Å². The summed E-state index contributed by atoms with van der Waals surface area (Å²) in [5.74, 6) is 5.33. The first-order valence-corrected chi connectivity index (χ1v) is 7.79. The number of benzene rings is 1. The van der Waals surface area contributed by atoms with Gasteiger partial charge in [0.2, 0.25) is 0 Å². The summed E-state index contributed by atoms with van der Waals surface area (Å²) in [6.45, 7) is 2.81. The fourth-order valence-electron chi connectivity index (χ4n) is 2.10. The first-order chi connectivity index (χ1) is 9.58. The van der Waals surface area contributed by atoms with Gasteiger partial charge in [-0.25, -0.2) is 9.82 Å². The van der Waals surface area contributed by atoms with Crippen molar-refractivity contribution >= 4 is 31.9 Å². The molecule has 2 aromatic rings. The van der Waals surface area contributed by atoms with E-state index in [-0.39, 0.29) is 5.82 Å². The van der Waals surface area contributed by atoms with Crippen LogP contribution in [-0.4, -0.2) is 9.78 Å². The number of nitrogens with one attached hydrogen (secondary N) is 1. The van der Waals surface area contributed by atoms with E-state index in [2.05, 4.69) is 49.3 Å². The molecule has 3 N–H and O–H groups in total. The SMILES string of the molecule is CCCn1ncc(Br)c1C(NN)c1ccc(Br)cc1F. The molecular weight excluding hydrogens is 391 g/mol. The molecule has 0 aliphatic rings. The standard InChI is InChI=1S/C13H15Br2FN4/c1-2-5-20-13(10(15)7-18-20)12(19-17)9-4-3-8(14)6-11(9)16/h3-4,6-7,12,19H,2,5,17H2,1H3. The molecule has 0 bridgehead atoms. The molecule has 0 saturated carbocycles. The van der Waals surface area contributed by atoms with E-state index >= 15 is 0 Å². The number of hydrazine groups is 1. The average molecular weight is 406 g/mol. The van der Waals surface area contributed by atoms with E-state index in [4.69, 9.17) is 5.84 Å². The van der Waals surface area contributed by atoms with Crippen LogP contribution in [0.3, 0.4) is 0 Å². The van der Waals surface area contributed by atoms with Crippen LogP contribution >= 0.6 is 31.9 Å². The number of aryl methyl sites for hydroxylation is 1. The van der Waals surface area contributed by atoms with Crippen molar-refractivity contribution < 1.29 is 4.39 Å². The van der Waals surface area contributed by atoms with E-state index in [9.17, 15) is 4.39 Å². The molecule has 4 nitrogen and oxygen atoms in total. The van der Waals surface area contributed by atoms with Crippen molar-refractivity contribution in [2.24, 2.45) is 5.84 Å². The van der Waals surface area contributed by atoms with Gasteiger partial charge in [-0.05, 0) is 34.5 Å². The van der Waals surface area contributed by atoms with Gasteiger partial charge in [0.25, 0.3) is 0 Å². The zero-order chi connectivity index (χ0) is 14.7. The zero-order valence-electron chi connectivity index (χ0n) is 10.9. The van der Waals surface area contributed by atoms with Crippen molar-refractivity contribution in [3.63, 3.8) is 0 Å². The van der Waals surface area contributed by atoms with Gasteiger partial charge in [-0.1, -0.05) is 28.9 Å². The highest BCUT2D eigenvalue weighted by atomic mass is 79.9. The van der Waals surface area contributed by atoms with E-state index in [0.29, 0.717) is 10.0 Å². The van der Waals surface area contributed by atoms with Gasteiger partial charge < -0.3 is 0 Å². The summed E-state index contributed by atoms with van der Waals surface area (Å²) >= 11 is 6.71. The van der Waals surface area contributed by atoms with E-state index in [1.54, 1.807) is 18.3 Å². The minimum Gasteiger partial charge on any atom is -0.271 e. The first-order valence-electron chi connectivity index (χ1n) is 6.20. The number of halogens is 3. The summed E-state index contributed by atoms with van der Waals surface area (Å²) in [7, 11) is 0. The van der Waals surface area contributed by atoms with E-state index in [0.717, 1.165) is 23.1 Å². The molecule has 0 radical (unpaired) electrons. The lowest BCUT2D eigenvalue weighted by Gasteiger charge is -2.19. The van der Waals surface area contributed by atoms with Gasteiger partial charge in [0, 0.05) is 16.6 Å². The molecule has 0 aliphatic heterocycles. The Morgan fingerprint density at radius 1 is 1.45 bits per heavy atom. The molecule has 0 amide bonds. The van der Waals surface area contributed by atoms with Crippen molar-refractivity contribution in [2.75, 3.05) is 0 Å². The first kappa shape index (κ1) is 15.6. The summed E-state index contributed by atoms with van der Waals surface area (Å²) in [6, 6.07) is 4.46. The minimum atomic E-state index is -0.466. The van der Waals surface area contributed by atoms with Gasteiger partial charge in [-0.3, -0.25) is 10.5 Å². The van der Waals surface area contributed by atoms with Gasteiger partial charge in [-0.15, -0.1) is 0 Å². The fourth-order valence-corrected chi connectivity index (χ4v) is 2.96. The van der Waals surface area contributed by atoms with Crippen LogP contribution in [0.15, 0.2) is 33.3 Å². The summed E-state index contributed by atoms with van der Waals surface area (Å²) in [6.07, 6.45) is 2.63. The Kier molecular flexibility index (Phi) is 5.31. The molecule has 0 saturated heterocycles. The third-order valence-corrected chi connectivity index (χ3v) is 4.09. The quantitative estimate of drug-likeness (QED) is 0.591. The highest BCUT2D eigenvalue weighted by molar-refractivity contribution is 9.10. The van der Waals surface area contributed by atoms with Crippen LogP contribution in [-0.2, 0) is 6.54 Å². The Morgan fingerprint density at radius 3 is 2.80 bits per heavy atom. The smallest absolute Gasteiger partial charge is 0.129 e. The summed E-state index contributed by atoms with van der Waals surface area (Å²) in [5, 5.41) is 4.29. The second-order valence-electron chi connectivity index (χ2n) is 4.37. The summed E-state index contributed by atoms with van der Waals surface area (Å²) < 4.78 is 17.5. The molecule has 1 aromatic heterocycles. The fraction of sp³-hybridized carbons (Fsp3) is 0.308.